The van der Waals surface area contributed by atoms with Crippen molar-refractivity contribution >= 4 is 28.2 Å². The normalized spacial score (nSPS) is 15.3. The van der Waals surface area contributed by atoms with Crippen molar-refractivity contribution in [3.05, 3.63) is 88.4 Å². The second-order valence-corrected chi connectivity index (χ2v) is 8.75. The van der Waals surface area contributed by atoms with E-state index in [0.29, 0.717) is 39.1 Å². The number of rotatable bonds is 8. The number of hydrogen-bond acceptors (Lipinski definition) is 4. The van der Waals surface area contributed by atoms with Crippen LogP contribution in [0.15, 0.2) is 71.6 Å². The maximum Gasteiger partial charge on any atom is 0.227 e. The minimum atomic E-state index is -0.295. The molecule has 2 amide bonds. The highest BCUT2D eigenvalue weighted by Crippen LogP contribution is 2.21. The number of amides is 2. The molecule has 1 fully saturated rings. The lowest BCUT2D eigenvalue weighted by molar-refractivity contribution is -0.133. The van der Waals surface area contributed by atoms with Crippen LogP contribution in [0.1, 0.15) is 23.0 Å². The average molecular weight is 496 g/mol. The van der Waals surface area contributed by atoms with Crippen LogP contribution in [-0.4, -0.2) is 57.8 Å². The van der Waals surface area contributed by atoms with Gasteiger partial charge in [0.2, 0.25) is 12.3 Å². The molecule has 1 N–H and O–H groups in total. The molecule has 2 heterocycles. The molecule has 0 radical (unpaired) electrons. The Hall–Kier alpha value is -2.97. The standard InChI is InChI=1S/C24H26BrN5O2/c25-21-8-6-20(7-9-21)16-30-17-26-15-22(30)24(27-18-31)29-12-10-28(11-13-29)23(32)14-19-4-2-1-3-5-19/h1-9,15,17-18,24H,10-14,16H2,(H,27,31). The van der Waals surface area contributed by atoms with Crippen LogP contribution in [0.2, 0.25) is 0 Å². The molecule has 0 saturated carbocycles. The van der Waals surface area contributed by atoms with Crippen molar-refractivity contribution in [2.45, 2.75) is 19.1 Å². The quantitative estimate of drug-likeness (QED) is 0.487. The van der Waals surface area contributed by atoms with Gasteiger partial charge in [0.1, 0.15) is 6.17 Å². The molecule has 2 aromatic carbocycles. The van der Waals surface area contributed by atoms with Crippen LogP contribution in [0.4, 0.5) is 0 Å². The van der Waals surface area contributed by atoms with Gasteiger partial charge in [0.05, 0.1) is 24.6 Å². The van der Waals surface area contributed by atoms with Crippen LogP contribution in [0.5, 0.6) is 0 Å². The highest BCUT2D eigenvalue weighted by atomic mass is 79.9. The molecule has 32 heavy (non-hydrogen) atoms. The van der Waals surface area contributed by atoms with Gasteiger partial charge in [0.15, 0.2) is 0 Å². The van der Waals surface area contributed by atoms with E-state index in [4.69, 9.17) is 0 Å². The predicted octanol–water partition coefficient (Wildman–Crippen LogP) is 2.83. The second-order valence-electron chi connectivity index (χ2n) is 7.84. The molecule has 1 unspecified atom stereocenters. The molecule has 1 aliphatic heterocycles. The minimum absolute atomic E-state index is 0.135. The Bertz CT molecular complexity index is 1030. The summed E-state index contributed by atoms with van der Waals surface area (Å²) in [6.45, 7) is 3.27. The zero-order valence-corrected chi connectivity index (χ0v) is 19.3. The summed E-state index contributed by atoms with van der Waals surface area (Å²) in [5, 5.41) is 2.95. The summed E-state index contributed by atoms with van der Waals surface area (Å²) in [5.74, 6) is 0.135. The fourth-order valence-corrected chi connectivity index (χ4v) is 4.30. The molecule has 0 spiro atoms. The molecule has 4 rings (SSSR count). The zero-order valence-electron chi connectivity index (χ0n) is 17.7. The van der Waals surface area contributed by atoms with E-state index in [2.05, 4.69) is 47.8 Å². The first-order chi connectivity index (χ1) is 15.6. The number of benzene rings is 2. The van der Waals surface area contributed by atoms with Crippen molar-refractivity contribution in [1.29, 1.82) is 0 Å². The Labute approximate surface area is 196 Å². The number of carbonyl (C=O) groups excluding carboxylic acids is 2. The number of carbonyl (C=O) groups is 2. The third-order valence-electron chi connectivity index (χ3n) is 5.75. The van der Waals surface area contributed by atoms with Gasteiger partial charge in [-0.1, -0.05) is 58.4 Å². The highest BCUT2D eigenvalue weighted by Gasteiger charge is 2.28. The number of piperazine rings is 1. The first-order valence-electron chi connectivity index (χ1n) is 10.6. The summed E-state index contributed by atoms with van der Waals surface area (Å²) in [6, 6.07) is 18.0. The summed E-state index contributed by atoms with van der Waals surface area (Å²) in [6.07, 6.45) is 4.44. The summed E-state index contributed by atoms with van der Waals surface area (Å²) < 4.78 is 3.09. The second kappa shape index (κ2) is 10.6. The molecule has 1 aromatic heterocycles. The average Bonchev–Trinajstić information content (AvgIpc) is 3.27. The van der Waals surface area contributed by atoms with E-state index < -0.39 is 0 Å². The molecule has 166 valence electrons. The third kappa shape index (κ3) is 5.44. The van der Waals surface area contributed by atoms with Gasteiger partial charge in [-0.3, -0.25) is 14.5 Å². The van der Waals surface area contributed by atoms with E-state index in [0.717, 1.165) is 27.7 Å². The van der Waals surface area contributed by atoms with E-state index in [1.807, 2.05) is 47.4 Å². The lowest BCUT2D eigenvalue weighted by Crippen LogP contribution is -2.52. The number of aromatic nitrogens is 2. The Balaban J connectivity index is 1.41. The molecule has 0 aliphatic carbocycles. The van der Waals surface area contributed by atoms with Crippen LogP contribution in [-0.2, 0) is 22.6 Å². The van der Waals surface area contributed by atoms with Crippen LogP contribution in [0, 0.1) is 0 Å². The molecule has 3 aromatic rings. The third-order valence-corrected chi connectivity index (χ3v) is 6.28. The van der Waals surface area contributed by atoms with Crippen LogP contribution in [0.3, 0.4) is 0 Å². The summed E-state index contributed by atoms with van der Waals surface area (Å²) >= 11 is 3.46. The number of imidazole rings is 1. The summed E-state index contributed by atoms with van der Waals surface area (Å²) in [5.41, 5.74) is 3.09. The van der Waals surface area contributed by atoms with Crippen molar-refractivity contribution in [1.82, 2.24) is 24.7 Å². The van der Waals surface area contributed by atoms with Gasteiger partial charge in [0, 0.05) is 37.2 Å². The van der Waals surface area contributed by atoms with Crippen molar-refractivity contribution < 1.29 is 9.59 Å². The molecule has 0 bridgehead atoms. The molecular weight excluding hydrogens is 470 g/mol. The number of nitrogens with zero attached hydrogens (tertiary/aromatic N) is 4. The monoisotopic (exact) mass is 495 g/mol. The highest BCUT2D eigenvalue weighted by molar-refractivity contribution is 9.10. The van der Waals surface area contributed by atoms with Gasteiger partial charge in [-0.15, -0.1) is 0 Å². The number of nitrogens with one attached hydrogen (secondary N) is 1. The van der Waals surface area contributed by atoms with E-state index in [1.54, 1.807) is 12.5 Å². The Morgan fingerprint density at radius 1 is 1.03 bits per heavy atom. The molecule has 1 atom stereocenters. The number of hydrogen-bond donors (Lipinski definition) is 1. The first kappa shape index (κ1) is 22.2. The SMILES string of the molecule is O=CNC(c1cncn1Cc1ccc(Br)cc1)N1CCN(C(=O)Cc2ccccc2)CC1. The van der Waals surface area contributed by atoms with Crippen molar-refractivity contribution in [2.24, 2.45) is 0 Å². The Morgan fingerprint density at radius 2 is 1.75 bits per heavy atom. The molecular formula is C24H26BrN5O2. The van der Waals surface area contributed by atoms with Crippen molar-refractivity contribution in [2.75, 3.05) is 26.2 Å². The minimum Gasteiger partial charge on any atom is -0.340 e. The van der Waals surface area contributed by atoms with Gasteiger partial charge >= 0.3 is 0 Å². The van der Waals surface area contributed by atoms with Crippen LogP contribution < -0.4 is 5.32 Å². The van der Waals surface area contributed by atoms with Crippen LogP contribution in [0.25, 0.3) is 0 Å². The topological polar surface area (TPSA) is 70.5 Å². The van der Waals surface area contributed by atoms with Crippen molar-refractivity contribution in [3.63, 3.8) is 0 Å². The van der Waals surface area contributed by atoms with Gasteiger partial charge in [-0.2, -0.15) is 0 Å². The lowest BCUT2D eigenvalue weighted by Gasteiger charge is -2.39. The largest absolute Gasteiger partial charge is 0.340 e. The first-order valence-corrected chi connectivity index (χ1v) is 11.4. The van der Waals surface area contributed by atoms with E-state index in [1.165, 1.54) is 0 Å². The van der Waals surface area contributed by atoms with E-state index >= 15 is 0 Å². The zero-order chi connectivity index (χ0) is 22.3. The van der Waals surface area contributed by atoms with Crippen LogP contribution >= 0.6 is 15.9 Å². The molecule has 8 heteroatoms. The van der Waals surface area contributed by atoms with E-state index in [-0.39, 0.29) is 12.1 Å². The molecule has 1 aliphatic rings. The Morgan fingerprint density at radius 3 is 2.44 bits per heavy atom. The van der Waals surface area contributed by atoms with E-state index in [9.17, 15) is 9.59 Å². The summed E-state index contributed by atoms with van der Waals surface area (Å²) in [7, 11) is 0. The smallest absolute Gasteiger partial charge is 0.227 e. The molecule has 7 nitrogen and oxygen atoms in total. The maximum atomic E-state index is 12.7. The summed E-state index contributed by atoms with van der Waals surface area (Å²) in [4.78, 5) is 32.5. The van der Waals surface area contributed by atoms with Crippen molar-refractivity contribution in [3.8, 4) is 0 Å². The molecule has 1 saturated heterocycles. The van der Waals surface area contributed by atoms with Gasteiger partial charge < -0.3 is 14.8 Å². The van der Waals surface area contributed by atoms with Gasteiger partial charge in [-0.25, -0.2) is 4.98 Å². The predicted molar refractivity (Wildman–Crippen MR) is 126 cm³/mol. The fourth-order valence-electron chi connectivity index (χ4n) is 4.03. The Kier molecular flexibility index (Phi) is 7.34. The fraction of sp³-hybridized carbons (Fsp3) is 0.292. The van der Waals surface area contributed by atoms with Gasteiger partial charge in [-0.05, 0) is 23.3 Å². The van der Waals surface area contributed by atoms with Gasteiger partial charge in [0.25, 0.3) is 0 Å². The number of halogens is 1. The maximum absolute atomic E-state index is 12.7. The lowest BCUT2D eigenvalue weighted by atomic mass is 10.1.